The number of esters is 3. The maximum atomic E-state index is 12.8. The first kappa shape index (κ1) is 69.3. The summed E-state index contributed by atoms with van der Waals surface area (Å²) in [4.78, 5) is 38.1. The fourth-order valence-corrected chi connectivity index (χ4v) is 7.67. The SMILES string of the molecule is CC/C=C\C/C=C\C/C=C\C/C=C\C/C=C\C/C=C\C/C=C\CCCCCCCCCCCC(=O)OCC(COC(=O)CCCCCCC/C=C\CCCCC)OC(=O)CC/C=C\C/C=C\C/C=C\C/C=C\CC. The van der Waals surface area contributed by atoms with Crippen LogP contribution in [-0.2, 0) is 28.6 Å². The van der Waals surface area contributed by atoms with Crippen LogP contribution in [-0.4, -0.2) is 37.2 Å². The van der Waals surface area contributed by atoms with Crippen LogP contribution in [0.4, 0.5) is 0 Å². The van der Waals surface area contributed by atoms with Crippen LogP contribution in [0.25, 0.3) is 0 Å². The van der Waals surface area contributed by atoms with Crippen LogP contribution < -0.4 is 0 Å². The molecule has 0 aliphatic rings. The number of hydrogen-bond acceptors (Lipinski definition) is 6. The Kier molecular flexibility index (Phi) is 57.0. The van der Waals surface area contributed by atoms with E-state index in [2.05, 4.69) is 154 Å². The fourth-order valence-electron chi connectivity index (χ4n) is 7.67. The monoisotopic (exact) mass is 1020 g/mol. The first-order chi connectivity index (χ1) is 36.5. The second-order valence-electron chi connectivity index (χ2n) is 19.1. The maximum absolute atomic E-state index is 12.8. The Hall–Kier alpha value is -4.71. The van der Waals surface area contributed by atoms with Crippen molar-refractivity contribution in [1.82, 2.24) is 0 Å². The van der Waals surface area contributed by atoms with Crippen LogP contribution in [0.15, 0.2) is 146 Å². The molecule has 0 rings (SSSR count). The summed E-state index contributed by atoms with van der Waals surface area (Å²) < 4.78 is 16.7. The van der Waals surface area contributed by atoms with E-state index in [4.69, 9.17) is 14.2 Å². The number of allylic oxidation sites excluding steroid dienone is 24. The summed E-state index contributed by atoms with van der Waals surface area (Å²) in [7, 11) is 0. The Bertz CT molecular complexity index is 1640. The molecule has 0 heterocycles. The van der Waals surface area contributed by atoms with Crippen molar-refractivity contribution in [3.63, 3.8) is 0 Å². The molecule has 1 unspecified atom stereocenters. The van der Waals surface area contributed by atoms with Crippen LogP contribution in [0.2, 0.25) is 0 Å². The zero-order chi connectivity index (χ0) is 53.6. The smallest absolute Gasteiger partial charge is 0.306 e. The van der Waals surface area contributed by atoms with Gasteiger partial charge in [0.15, 0.2) is 6.10 Å². The number of carbonyl (C=O) groups is 3. The van der Waals surface area contributed by atoms with E-state index in [1.165, 1.54) is 70.6 Å². The maximum Gasteiger partial charge on any atom is 0.306 e. The number of rotatable bonds is 52. The lowest BCUT2D eigenvalue weighted by atomic mass is 10.1. The molecule has 0 fully saturated rings. The molecule has 0 aliphatic carbocycles. The molecule has 0 aromatic heterocycles. The molecular formula is C68H108O6. The zero-order valence-electron chi connectivity index (χ0n) is 47.5. The standard InChI is InChI=1S/C68H108O6/c1-4-7-10-13-16-19-22-25-26-27-28-29-30-31-32-33-34-35-36-37-38-39-40-41-42-44-46-49-52-55-58-61-67(70)73-64-65(63-72-66(69)60-57-54-51-48-45-24-21-18-15-12-9-6-3)74-68(71)62-59-56-53-50-47-43-23-20-17-14-11-8-5-2/h7-8,10-11,16-21,25-26,28-29,31-32,34-35,37-38,43,47,53,56,65H,4-6,9,12-15,22-24,27,30,33,36,39-42,44-46,48-52,54-55,57-64H2,1-3H3/b10-7-,11-8-,19-16-,20-17-,21-18-,26-25-,29-28-,32-31-,35-34-,38-37-,47-43-,56-53-. The number of carbonyl (C=O) groups excluding carboxylic acids is 3. The lowest BCUT2D eigenvalue weighted by Gasteiger charge is -2.18. The number of unbranched alkanes of at least 4 members (excludes halogenated alkanes) is 17. The second-order valence-corrected chi connectivity index (χ2v) is 19.1. The third-order valence-electron chi connectivity index (χ3n) is 12.1. The average molecular weight is 1020 g/mol. The van der Waals surface area contributed by atoms with Crippen molar-refractivity contribution in [3.8, 4) is 0 Å². The van der Waals surface area contributed by atoms with E-state index in [1.807, 2.05) is 12.2 Å². The molecule has 6 nitrogen and oxygen atoms in total. The van der Waals surface area contributed by atoms with Gasteiger partial charge in [-0.15, -0.1) is 0 Å². The Labute approximate surface area is 455 Å². The summed E-state index contributed by atoms with van der Waals surface area (Å²) in [5.74, 6) is -1.02. The van der Waals surface area contributed by atoms with E-state index in [9.17, 15) is 14.4 Å². The minimum absolute atomic E-state index is 0.117. The van der Waals surface area contributed by atoms with Gasteiger partial charge in [0.1, 0.15) is 13.2 Å². The van der Waals surface area contributed by atoms with Crippen LogP contribution in [0.5, 0.6) is 0 Å². The summed E-state index contributed by atoms with van der Waals surface area (Å²) in [6.45, 7) is 6.30. The van der Waals surface area contributed by atoms with Gasteiger partial charge in [0.05, 0.1) is 0 Å². The molecule has 0 bridgehead atoms. The fraction of sp³-hybridized carbons (Fsp3) is 0.603. The predicted octanol–water partition coefficient (Wildman–Crippen LogP) is 20.4. The van der Waals surface area contributed by atoms with Gasteiger partial charge in [0, 0.05) is 19.3 Å². The van der Waals surface area contributed by atoms with Crippen LogP contribution in [0.1, 0.15) is 245 Å². The van der Waals surface area contributed by atoms with Gasteiger partial charge >= 0.3 is 17.9 Å². The first-order valence-corrected chi connectivity index (χ1v) is 29.8. The quantitative estimate of drug-likeness (QED) is 0.0261. The molecule has 0 aromatic rings. The third kappa shape index (κ3) is 58.2. The molecule has 0 aromatic carbocycles. The summed E-state index contributed by atoms with van der Waals surface area (Å²) >= 11 is 0. The Morgan fingerprint density at radius 3 is 0.892 bits per heavy atom. The second kappa shape index (κ2) is 60.8. The van der Waals surface area contributed by atoms with Gasteiger partial charge in [-0.3, -0.25) is 14.4 Å². The highest BCUT2D eigenvalue weighted by Gasteiger charge is 2.19. The van der Waals surface area contributed by atoms with Crippen LogP contribution in [0, 0.1) is 0 Å². The topological polar surface area (TPSA) is 78.9 Å². The summed E-state index contributed by atoms with van der Waals surface area (Å²) in [5.41, 5.74) is 0. The largest absolute Gasteiger partial charge is 0.462 e. The van der Waals surface area contributed by atoms with Crippen molar-refractivity contribution >= 4 is 17.9 Å². The van der Waals surface area contributed by atoms with Crippen molar-refractivity contribution < 1.29 is 28.6 Å². The van der Waals surface area contributed by atoms with E-state index < -0.39 is 12.1 Å². The van der Waals surface area contributed by atoms with E-state index in [0.29, 0.717) is 19.3 Å². The van der Waals surface area contributed by atoms with Crippen molar-refractivity contribution in [2.45, 2.75) is 252 Å². The Morgan fingerprint density at radius 1 is 0.284 bits per heavy atom. The van der Waals surface area contributed by atoms with Crippen molar-refractivity contribution in [2.24, 2.45) is 0 Å². The summed E-state index contributed by atoms with van der Waals surface area (Å²) in [6, 6.07) is 0. The van der Waals surface area contributed by atoms with E-state index in [-0.39, 0.29) is 31.6 Å². The zero-order valence-corrected chi connectivity index (χ0v) is 47.5. The molecule has 74 heavy (non-hydrogen) atoms. The van der Waals surface area contributed by atoms with Crippen molar-refractivity contribution in [1.29, 1.82) is 0 Å². The summed E-state index contributed by atoms with van der Waals surface area (Å²) in [5, 5.41) is 0. The number of ether oxygens (including phenoxy) is 3. The highest BCUT2D eigenvalue weighted by molar-refractivity contribution is 5.71. The van der Waals surface area contributed by atoms with Gasteiger partial charge in [-0.25, -0.2) is 0 Å². The van der Waals surface area contributed by atoms with Crippen molar-refractivity contribution in [2.75, 3.05) is 13.2 Å². The molecular weight excluding hydrogens is 913 g/mol. The molecule has 6 heteroatoms. The summed E-state index contributed by atoms with van der Waals surface area (Å²) in [6.07, 6.45) is 87.3. The van der Waals surface area contributed by atoms with Crippen LogP contribution >= 0.6 is 0 Å². The van der Waals surface area contributed by atoms with Gasteiger partial charge in [-0.05, 0) is 128 Å². The van der Waals surface area contributed by atoms with E-state index in [1.54, 1.807) is 0 Å². The highest BCUT2D eigenvalue weighted by Crippen LogP contribution is 2.14. The molecule has 1 atom stereocenters. The lowest BCUT2D eigenvalue weighted by Crippen LogP contribution is -2.30. The lowest BCUT2D eigenvalue weighted by molar-refractivity contribution is -0.166. The molecule has 0 radical (unpaired) electrons. The predicted molar refractivity (Wildman–Crippen MR) is 320 cm³/mol. The van der Waals surface area contributed by atoms with Gasteiger partial charge in [0.2, 0.25) is 0 Å². The van der Waals surface area contributed by atoms with Gasteiger partial charge in [-0.1, -0.05) is 244 Å². The molecule has 0 amide bonds. The molecule has 416 valence electrons. The van der Waals surface area contributed by atoms with E-state index in [0.717, 1.165) is 128 Å². The van der Waals surface area contributed by atoms with Gasteiger partial charge < -0.3 is 14.2 Å². The van der Waals surface area contributed by atoms with Gasteiger partial charge in [0.25, 0.3) is 0 Å². The Morgan fingerprint density at radius 2 is 0.554 bits per heavy atom. The minimum Gasteiger partial charge on any atom is -0.462 e. The molecule has 0 saturated heterocycles. The average Bonchev–Trinajstić information content (AvgIpc) is 3.40. The van der Waals surface area contributed by atoms with Crippen LogP contribution in [0.3, 0.4) is 0 Å². The highest BCUT2D eigenvalue weighted by atomic mass is 16.6. The minimum atomic E-state index is -0.827. The van der Waals surface area contributed by atoms with E-state index >= 15 is 0 Å². The molecule has 0 N–H and O–H groups in total. The van der Waals surface area contributed by atoms with Crippen molar-refractivity contribution in [3.05, 3.63) is 146 Å². The molecule has 0 saturated carbocycles. The Balaban J connectivity index is 4.30. The molecule has 0 aliphatic heterocycles. The number of hydrogen-bond donors (Lipinski definition) is 0. The first-order valence-electron chi connectivity index (χ1n) is 29.8. The molecule has 0 spiro atoms. The van der Waals surface area contributed by atoms with Gasteiger partial charge in [-0.2, -0.15) is 0 Å². The third-order valence-corrected chi connectivity index (χ3v) is 12.1. The normalized spacial score (nSPS) is 13.2.